The summed E-state index contributed by atoms with van der Waals surface area (Å²) in [6.07, 6.45) is 2.05. The van der Waals surface area contributed by atoms with Crippen LogP contribution in [-0.4, -0.2) is 40.7 Å². The van der Waals surface area contributed by atoms with Crippen molar-refractivity contribution in [3.8, 4) is 0 Å². The van der Waals surface area contributed by atoms with Gasteiger partial charge < -0.3 is 15.2 Å². The van der Waals surface area contributed by atoms with E-state index in [-0.39, 0.29) is 23.7 Å². The van der Waals surface area contributed by atoms with Crippen LogP contribution < -0.4 is 5.32 Å². The SMILES string of the molecule is CC1OCCC1NC(=O)c1ccc(C(=O)O)nc1. The minimum absolute atomic E-state index is 0.000187. The first-order valence-electron chi connectivity index (χ1n) is 5.70. The summed E-state index contributed by atoms with van der Waals surface area (Å²) in [6, 6.07) is 2.76. The molecule has 0 spiro atoms. The highest BCUT2D eigenvalue weighted by molar-refractivity contribution is 5.95. The van der Waals surface area contributed by atoms with Crippen LogP contribution in [0.5, 0.6) is 0 Å². The van der Waals surface area contributed by atoms with E-state index in [0.717, 1.165) is 6.42 Å². The number of pyridine rings is 1. The van der Waals surface area contributed by atoms with Gasteiger partial charge in [0.2, 0.25) is 0 Å². The van der Waals surface area contributed by atoms with E-state index in [1.165, 1.54) is 18.3 Å². The van der Waals surface area contributed by atoms with Gasteiger partial charge in [0.15, 0.2) is 0 Å². The van der Waals surface area contributed by atoms with Crippen molar-refractivity contribution in [1.82, 2.24) is 10.3 Å². The van der Waals surface area contributed by atoms with Gasteiger partial charge in [-0.25, -0.2) is 9.78 Å². The smallest absolute Gasteiger partial charge is 0.354 e. The lowest BCUT2D eigenvalue weighted by molar-refractivity contribution is 0.0689. The minimum Gasteiger partial charge on any atom is -0.477 e. The maximum absolute atomic E-state index is 11.9. The zero-order valence-electron chi connectivity index (χ0n) is 9.92. The molecule has 1 aliphatic rings. The van der Waals surface area contributed by atoms with Crippen molar-refractivity contribution in [3.63, 3.8) is 0 Å². The molecule has 2 atom stereocenters. The van der Waals surface area contributed by atoms with Crippen LogP contribution in [0.2, 0.25) is 0 Å². The number of hydrogen-bond donors (Lipinski definition) is 2. The molecule has 0 aromatic carbocycles. The van der Waals surface area contributed by atoms with Crippen molar-refractivity contribution in [2.75, 3.05) is 6.61 Å². The van der Waals surface area contributed by atoms with E-state index in [1.807, 2.05) is 6.92 Å². The molecule has 96 valence electrons. The molecule has 2 rings (SSSR count). The number of amides is 1. The van der Waals surface area contributed by atoms with Crippen molar-refractivity contribution in [2.24, 2.45) is 0 Å². The number of rotatable bonds is 3. The Balaban J connectivity index is 2.02. The van der Waals surface area contributed by atoms with Crippen molar-refractivity contribution < 1.29 is 19.4 Å². The average molecular weight is 250 g/mol. The van der Waals surface area contributed by atoms with Crippen molar-refractivity contribution >= 4 is 11.9 Å². The maximum Gasteiger partial charge on any atom is 0.354 e. The number of carbonyl (C=O) groups excluding carboxylic acids is 1. The molecule has 1 fully saturated rings. The van der Waals surface area contributed by atoms with Gasteiger partial charge in [-0.2, -0.15) is 0 Å². The van der Waals surface area contributed by atoms with Gasteiger partial charge in [-0.3, -0.25) is 4.79 Å². The van der Waals surface area contributed by atoms with Crippen LogP contribution in [0.15, 0.2) is 18.3 Å². The molecule has 1 aromatic rings. The normalized spacial score (nSPS) is 22.7. The van der Waals surface area contributed by atoms with Gasteiger partial charge in [-0.15, -0.1) is 0 Å². The van der Waals surface area contributed by atoms with E-state index in [1.54, 1.807) is 0 Å². The predicted molar refractivity (Wildman–Crippen MR) is 62.5 cm³/mol. The van der Waals surface area contributed by atoms with Gasteiger partial charge in [0.1, 0.15) is 5.69 Å². The summed E-state index contributed by atoms with van der Waals surface area (Å²) < 4.78 is 5.34. The van der Waals surface area contributed by atoms with Crippen molar-refractivity contribution in [3.05, 3.63) is 29.6 Å². The van der Waals surface area contributed by atoms with Crippen molar-refractivity contribution in [2.45, 2.75) is 25.5 Å². The van der Waals surface area contributed by atoms with Gasteiger partial charge >= 0.3 is 5.97 Å². The molecule has 2 N–H and O–H groups in total. The number of nitrogens with one attached hydrogen (secondary N) is 1. The number of nitrogens with zero attached hydrogens (tertiary/aromatic N) is 1. The molecule has 1 amide bonds. The summed E-state index contributed by atoms with van der Waals surface area (Å²) in [5.41, 5.74) is 0.267. The lowest BCUT2D eigenvalue weighted by Crippen LogP contribution is -2.39. The Morgan fingerprint density at radius 3 is 2.78 bits per heavy atom. The van der Waals surface area contributed by atoms with Crippen LogP contribution in [0.1, 0.15) is 34.2 Å². The quantitative estimate of drug-likeness (QED) is 0.823. The highest BCUT2D eigenvalue weighted by Gasteiger charge is 2.26. The highest BCUT2D eigenvalue weighted by atomic mass is 16.5. The van der Waals surface area contributed by atoms with Crippen LogP contribution in [0.25, 0.3) is 0 Å². The summed E-state index contributed by atoms with van der Waals surface area (Å²) >= 11 is 0. The second kappa shape index (κ2) is 5.14. The molecule has 6 nitrogen and oxygen atoms in total. The molecule has 0 radical (unpaired) electrons. The second-order valence-corrected chi connectivity index (χ2v) is 4.18. The number of aromatic nitrogens is 1. The lowest BCUT2D eigenvalue weighted by atomic mass is 10.1. The molecule has 0 saturated carbocycles. The zero-order chi connectivity index (χ0) is 13.1. The first kappa shape index (κ1) is 12.5. The monoisotopic (exact) mass is 250 g/mol. The van der Waals surface area contributed by atoms with Gasteiger partial charge in [-0.05, 0) is 25.5 Å². The molecule has 2 heterocycles. The number of carbonyl (C=O) groups is 2. The first-order valence-corrected chi connectivity index (χ1v) is 5.70. The Labute approximate surface area is 104 Å². The molecular weight excluding hydrogens is 236 g/mol. The Morgan fingerprint density at radius 1 is 1.50 bits per heavy atom. The van der Waals surface area contributed by atoms with Gasteiger partial charge in [0.05, 0.1) is 17.7 Å². The molecule has 2 unspecified atom stereocenters. The summed E-state index contributed by atoms with van der Waals surface area (Å²) in [7, 11) is 0. The molecular formula is C12H14N2O4. The Hall–Kier alpha value is -1.95. The number of carboxylic acid groups (broad SMARTS) is 1. The Morgan fingerprint density at radius 2 is 2.28 bits per heavy atom. The standard InChI is InChI=1S/C12H14N2O4/c1-7-9(4-5-18-7)14-11(15)8-2-3-10(12(16)17)13-6-8/h2-3,6-7,9H,4-5H2,1H3,(H,14,15)(H,16,17). The maximum atomic E-state index is 11.9. The van der Waals surface area contributed by atoms with E-state index < -0.39 is 5.97 Å². The predicted octanol–water partition coefficient (Wildman–Crippen LogP) is 0.687. The van der Waals surface area contributed by atoms with E-state index >= 15 is 0 Å². The fourth-order valence-corrected chi connectivity index (χ4v) is 1.83. The minimum atomic E-state index is -1.11. The van der Waals surface area contributed by atoms with Gasteiger partial charge in [0, 0.05) is 12.8 Å². The number of aromatic carboxylic acids is 1. The molecule has 1 aromatic heterocycles. The Kier molecular flexibility index (Phi) is 3.57. The summed E-state index contributed by atoms with van der Waals surface area (Å²) in [5.74, 6) is -1.37. The number of ether oxygens (including phenoxy) is 1. The van der Waals surface area contributed by atoms with Crippen LogP contribution in [0, 0.1) is 0 Å². The third-order valence-corrected chi connectivity index (χ3v) is 2.94. The molecule has 18 heavy (non-hydrogen) atoms. The van der Waals surface area contributed by atoms with Crippen molar-refractivity contribution in [1.29, 1.82) is 0 Å². The third kappa shape index (κ3) is 2.65. The second-order valence-electron chi connectivity index (χ2n) is 4.18. The fraction of sp³-hybridized carbons (Fsp3) is 0.417. The van der Waals surface area contributed by atoms with Gasteiger partial charge in [-0.1, -0.05) is 0 Å². The lowest BCUT2D eigenvalue weighted by Gasteiger charge is -2.15. The third-order valence-electron chi connectivity index (χ3n) is 2.94. The van der Waals surface area contributed by atoms with E-state index in [2.05, 4.69) is 10.3 Å². The largest absolute Gasteiger partial charge is 0.477 e. The fourth-order valence-electron chi connectivity index (χ4n) is 1.83. The van der Waals surface area contributed by atoms with E-state index in [0.29, 0.717) is 12.2 Å². The summed E-state index contributed by atoms with van der Waals surface area (Å²) in [4.78, 5) is 26.2. The van der Waals surface area contributed by atoms with Gasteiger partial charge in [0.25, 0.3) is 5.91 Å². The van der Waals surface area contributed by atoms with Crippen LogP contribution >= 0.6 is 0 Å². The van der Waals surface area contributed by atoms with Crippen LogP contribution in [-0.2, 0) is 4.74 Å². The summed E-state index contributed by atoms with van der Waals surface area (Å²) in [6.45, 7) is 2.55. The topological polar surface area (TPSA) is 88.5 Å². The highest BCUT2D eigenvalue weighted by Crippen LogP contribution is 2.13. The van der Waals surface area contributed by atoms with Crippen LogP contribution in [0.4, 0.5) is 0 Å². The molecule has 1 saturated heterocycles. The molecule has 1 aliphatic heterocycles. The average Bonchev–Trinajstić information content (AvgIpc) is 2.75. The summed E-state index contributed by atoms with van der Waals surface area (Å²) in [5, 5.41) is 11.5. The molecule has 6 heteroatoms. The van der Waals surface area contributed by atoms with E-state index in [4.69, 9.17) is 9.84 Å². The number of hydrogen-bond acceptors (Lipinski definition) is 4. The molecule has 0 aliphatic carbocycles. The Bertz CT molecular complexity index is 458. The molecule has 0 bridgehead atoms. The van der Waals surface area contributed by atoms with E-state index in [9.17, 15) is 9.59 Å². The first-order chi connectivity index (χ1) is 8.58. The zero-order valence-corrected chi connectivity index (χ0v) is 9.92. The van der Waals surface area contributed by atoms with Crippen LogP contribution in [0.3, 0.4) is 0 Å². The number of carboxylic acids is 1.